The van der Waals surface area contributed by atoms with Crippen molar-refractivity contribution in [2.45, 2.75) is 63.8 Å². The summed E-state index contributed by atoms with van der Waals surface area (Å²) >= 11 is 5.42. The lowest BCUT2D eigenvalue weighted by Gasteiger charge is -2.25. The first-order valence-electron chi connectivity index (χ1n) is 9.76. The number of anilines is 1. The van der Waals surface area contributed by atoms with Gasteiger partial charge in [-0.3, -0.25) is 0 Å². The van der Waals surface area contributed by atoms with E-state index in [-0.39, 0.29) is 4.90 Å². The van der Waals surface area contributed by atoms with Crippen LogP contribution in [0.3, 0.4) is 0 Å². The van der Waals surface area contributed by atoms with E-state index in [2.05, 4.69) is 10.6 Å². The third kappa shape index (κ3) is 5.80. The molecule has 0 spiro atoms. The molecule has 2 rings (SSSR count). The summed E-state index contributed by atoms with van der Waals surface area (Å²) < 4.78 is 33.0. The molecule has 8 heteroatoms. The number of hydrogen-bond donors (Lipinski definition) is 2. The van der Waals surface area contributed by atoms with Gasteiger partial charge in [-0.05, 0) is 50.2 Å². The molecule has 1 aliphatic carbocycles. The molecule has 0 atom stereocenters. The summed E-state index contributed by atoms with van der Waals surface area (Å²) in [6, 6.07) is 5.47. The predicted octanol–water partition coefficient (Wildman–Crippen LogP) is 3.73. The summed E-state index contributed by atoms with van der Waals surface area (Å²) in [5.74, 6) is 0.362. The van der Waals surface area contributed by atoms with Crippen molar-refractivity contribution in [2.75, 3.05) is 25.0 Å². The van der Waals surface area contributed by atoms with Gasteiger partial charge < -0.3 is 15.4 Å². The van der Waals surface area contributed by atoms with Gasteiger partial charge in [-0.1, -0.05) is 33.1 Å². The van der Waals surface area contributed by atoms with Gasteiger partial charge in [0.15, 0.2) is 5.11 Å². The van der Waals surface area contributed by atoms with Crippen LogP contribution in [0.4, 0.5) is 5.69 Å². The van der Waals surface area contributed by atoms with Gasteiger partial charge in [0.1, 0.15) is 10.6 Å². The average Bonchev–Trinajstić information content (AvgIpc) is 2.64. The van der Waals surface area contributed by atoms with Crippen LogP contribution in [-0.2, 0) is 10.0 Å². The van der Waals surface area contributed by atoms with Crippen molar-refractivity contribution < 1.29 is 13.2 Å². The zero-order chi connectivity index (χ0) is 19.9. The summed E-state index contributed by atoms with van der Waals surface area (Å²) in [6.07, 6.45) is 5.95. The molecule has 152 valence electrons. The first-order chi connectivity index (χ1) is 12.9. The van der Waals surface area contributed by atoms with Crippen molar-refractivity contribution >= 4 is 33.0 Å². The van der Waals surface area contributed by atoms with Crippen LogP contribution in [0.5, 0.6) is 5.75 Å². The standard InChI is InChI=1S/C19H31N3O3S2/c1-4-22(5-2)27(23,24)18-14-16(12-13-17(18)25-6-3)21-19(26)20-15-10-8-7-9-11-15/h12-15H,4-11H2,1-3H3,(H2,20,21,26). The van der Waals surface area contributed by atoms with Gasteiger partial charge in [0.2, 0.25) is 10.0 Å². The van der Waals surface area contributed by atoms with Crippen LogP contribution in [0.1, 0.15) is 52.9 Å². The minimum Gasteiger partial charge on any atom is -0.492 e. The fourth-order valence-corrected chi connectivity index (χ4v) is 5.26. The Bertz CT molecular complexity index is 728. The van der Waals surface area contributed by atoms with Crippen molar-refractivity contribution in [1.29, 1.82) is 0 Å². The lowest BCUT2D eigenvalue weighted by Crippen LogP contribution is -2.38. The molecule has 0 aliphatic heterocycles. The van der Waals surface area contributed by atoms with Gasteiger partial charge in [0.25, 0.3) is 0 Å². The summed E-state index contributed by atoms with van der Waals surface area (Å²) in [6.45, 7) is 6.70. The third-order valence-corrected chi connectivity index (χ3v) is 7.06. The predicted molar refractivity (Wildman–Crippen MR) is 114 cm³/mol. The molecule has 1 aliphatic rings. The van der Waals surface area contributed by atoms with E-state index in [1.807, 2.05) is 20.8 Å². The molecule has 0 amide bonds. The molecular formula is C19H31N3O3S2. The maximum absolute atomic E-state index is 13.0. The van der Waals surface area contributed by atoms with E-state index in [4.69, 9.17) is 17.0 Å². The van der Waals surface area contributed by atoms with Crippen LogP contribution < -0.4 is 15.4 Å². The maximum atomic E-state index is 13.0. The highest BCUT2D eigenvalue weighted by molar-refractivity contribution is 7.89. The summed E-state index contributed by atoms with van der Waals surface area (Å²) in [7, 11) is -3.63. The Morgan fingerprint density at radius 3 is 2.44 bits per heavy atom. The highest BCUT2D eigenvalue weighted by Gasteiger charge is 2.26. The Balaban J connectivity index is 2.22. The van der Waals surface area contributed by atoms with Crippen LogP contribution >= 0.6 is 12.2 Å². The summed E-state index contributed by atoms with van der Waals surface area (Å²) in [4.78, 5) is 0.165. The van der Waals surface area contributed by atoms with E-state index < -0.39 is 10.0 Å². The first kappa shape index (κ1) is 21.9. The quantitative estimate of drug-likeness (QED) is 0.633. The second-order valence-electron chi connectivity index (χ2n) is 6.62. The van der Waals surface area contributed by atoms with E-state index in [0.29, 0.717) is 42.3 Å². The zero-order valence-electron chi connectivity index (χ0n) is 16.5. The van der Waals surface area contributed by atoms with Crippen molar-refractivity contribution in [2.24, 2.45) is 0 Å². The Hall–Kier alpha value is -1.38. The Kier molecular flexibility index (Phi) is 8.31. The van der Waals surface area contributed by atoms with Gasteiger partial charge in [-0.15, -0.1) is 0 Å². The van der Waals surface area contributed by atoms with Crippen molar-refractivity contribution in [3.05, 3.63) is 18.2 Å². The number of ether oxygens (including phenoxy) is 1. The van der Waals surface area contributed by atoms with Gasteiger partial charge in [-0.2, -0.15) is 4.31 Å². The summed E-state index contributed by atoms with van der Waals surface area (Å²) in [5.41, 5.74) is 0.637. The molecule has 0 aromatic heterocycles. The maximum Gasteiger partial charge on any atom is 0.246 e. The van der Waals surface area contributed by atoms with Crippen LogP contribution in [0.15, 0.2) is 23.1 Å². The Morgan fingerprint density at radius 1 is 1.19 bits per heavy atom. The van der Waals surface area contributed by atoms with Crippen LogP contribution in [0, 0.1) is 0 Å². The average molecular weight is 414 g/mol. The van der Waals surface area contributed by atoms with E-state index in [1.54, 1.807) is 18.2 Å². The number of benzene rings is 1. The zero-order valence-corrected chi connectivity index (χ0v) is 18.1. The highest BCUT2D eigenvalue weighted by Crippen LogP contribution is 2.30. The number of hydrogen-bond acceptors (Lipinski definition) is 4. The lowest BCUT2D eigenvalue weighted by molar-refractivity contribution is 0.329. The van der Waals surface area contributed by atoms with E-state index in [1.165, 1.54) is 23.6 Å². The molecule has 0 saturated heterocycles. The number of nitrogens with zero attached hydrogens (tertiary/aromatic N) is 1. The fourth-order valence-electron chi connectivity index (χ4n) is 3.36. The monoisotopic (exact) mass is 413 g/mol. The Morgan fingerprint density at radius 2 is 1.85 bits per heavy atom. The van der Waals surface area contributed by atoms with Crippen molar-refractivity contribution in [1.82, 2.24) is 9.62 Å². The molecule has 2 N–H and O–H groups in total. The largest absolute Gasteiger partial charge is 0.492 e. The third-order valence-electron chi connectivity index (χ3n) is 4.77. The van der Waals surface area contributed by atoms with Gasteiger partial charge >= 0.3 is 0 Å². The minimum absolute atomic E-state index is 0.165. The molecule has 1 fully saturated rings. The highest BCUT2D eigenvalue weighted by atomic mass is 32.2. The second kappa shape index (κ2) is 10.2. The molecule has 27 heavy (non-hydrogen) atoms. The molecule has 1 saturated carbocycles. The van der Waals surface area contributed by atoms with Crippen molar-refractivity contribution in [3.63, 3.8) is 0 Å². The number of thiocarbonyl (C=S) groups is 1. The van der Waals surface area contributed by atoms with Gasteiger partial charge in [0.05, 0.1) is 6.61 Å². The first-order valence-corrected chi connectivity index (χ1v) is 11.6. The number of rotatable bonds is 8. The Labute approximate surface area is 168 Å². The van der Waals surface area contributed by atoms with Crippen molar-refractivity contribution in [3.8, 4) is 5.75 Å². The van der Waals surface area contributed by atoms with Gasteiger partial charge in [-0.25, -0.2) is 8.42 Å². The number of nitrogens with one attached hydrogen (secondary N) is 2. The van der Waals surface area contributed by atoms with Gasteiger partial charge in [0, 0.05) is 24.8 Å². The topological polar surface area (TPSA) is 70.7 Å². The molecule has 0 radical (unpaired) electrons. The SMILES string of the molecule is CCOc1ccc(NC(=S)NC2CCCCC2)cc1S(=O)(=O)N(CC)CC. The van der Waals surface area contributed by atoms with E-state index in [0.717, 1.165) is 12.8 Å². The molecule has 0 bridgehead atoms. The summed E-state index contributed by atoms with van der Waals surface area (Å²) in [5, 5.41) is 6.99. The molecule has 1 aromatic carbocycles. The molecule has 0 unspecified atom stereocenters. The van der Waals surface area contributed by atoms with Crippen LogP contribution in [0.2, 0.25) is 0 Å². The number of sulfonamides is 1. The molecule has 1 aromatic rings. The smallest absolute Gasteiger partial charge is 0.246 e. The van der Waals surface area contributed by atoms with Crippen LogP contribution in [-0.4, -0.2) is 43.6 Å². The normalized spacial score (nSPS) is 15.6. The fraction of sp³-hybridized carbons (Fsp3) is 0.632. The van der Waals surface area contributed by atoms with Crippen LogP contribution in [0.25, 0.3) is 0 Å². The molecule has 0 heterocycles. The molecular weight excluding hydrogens is 382 g/mol. The van der Waals surface area contributed by atoms with E-state index in [9.17, 15) is 8.42 Å². The minimum atomic E-state index is -3.63. The second-order valence-corrected chi connectivity index (χ2v) is 8.93. The van der Waals surface area contributed by atoms with E-state index >= 15 is 0 Å². The lowest BCUT2D eigenvalue weighted by atomic mass is 9.96. The molecule has 6 nitrogen and oxygen atoms in total.